The Morgan fingerprint density at radius 2 is 2.05 bits per heavy atom. The molecule has 1 saturated carbocycles. The van der Waals surface area contributed by atoms with Gasteiger partial charge in [0.15, 0.2) is 5.82 Å². The van der Waals surface area contributed by atoms with Gasteiger partial charge in [-0.15, -0.1) is 12.6 Å². The summed E-state index contributed by atoms with van der Waals surface area (Å²) in [5, 5.41) is 3.42. The highest BCUT2D eigenvalue weighted by molar-refractivity contribution is 7.80. The number of anilines is 1. The molecule has 1 aliphatic rings. The van der Waals surface area contributed by atoms with E-state index >= 15 is 0 Å². The van der Waals surface area contributed by atoms with Crippen molar-refractivity contribution in [3.63, 3.8) is 0 Å². The largest absolute Gasteiger partial charge is 0.493 e. The molecule has 1 aliphatic carbocycles. The Kier molecular flexibility index (Phi) is 4.74. The van der Waals surface area contributed by atoms with Crippen LogP contribution < -0.4 is 10.5 Å². The molecule has 1 aromatic heterocycles. The minimum atomic E-state index is 0.442. The van der Waals surface area contributed by atoms with Gasteiger partial charge in [-0.2, -0.15) is 0 Å². The van der Waals surface area contributed by atoms with Gasteiger partial charge in [-0.25, -0.2) is 0 Å². The third kappa shape index (κ3) is 5.26. The van der Waals surface area contributed by atoms with Crippen molar-refractivity contribution >= 4 is 18.4 Å². The molecule has 1 fully saturated rings. The number of nitrogens with zero attached hydrogens (tertiary/aromatic N) is 1. The fourth-order valence-electron chi connectivity index (χ4n) is 1.43. The minimum absolute atomic E-state index is 0.442. The van der Waals surface area contributed by atoms with Gasteiger partial charge in [-0.05, 0) is 49.9 Å². The minimum Gasteiger partial charge on any atom is -0.493 e. The number of nitrogen functional groups attached to an aromatic ring is 1. The molecular formula is C14H18N2O2S. The number of benzene rings is 1. The third-order valence-electron chi connectivity index (χ3n) is 2.67. The molecule has 0 aliphatic heterocycles. The fraction of sp³-hybridized carbons (Fsp3) is 0.357. The van der Waals surface area contributed by atoms with Crippen LogP contribution >= 0.6 is 12.6 Å². The molecule has 19 heavy (non-hydrogen) atoms. The van der Waals surface area contributed by atoms with Gasteiger partial charge < -0.3 is 15.0 Å². The first-order chi connectivity index (χ1) is 9.13. The second kappa shape index (κ2) is 6.52. The number of hydrogen-bond donors (Lipinski definition) is 2. The Morgan fingerprint density at radius 1 is 1.37 bits per heavy atom. The molecule has 0 unspecified atom stereocenters. The quantitative estimate of drug-likeness (QED) is 0.845. The summed E-state index contributed by atoms with van der Waals surface area (Å²) >= 11 is 4.20. The molecular weight excluding hydrogens is 260 g/mol. The molecule has 4 nitrogen and oxygen atoms in total. The summed E-state index contributed by atoms with van der Waals surface area (Å²) < 4.78 is 10.1. The number of aromatic nitrogens is 1. The van der Waals surface area contributed by atoms with E-state index in [1.807, 2.05) is 24.3 Å². The van der Waals surface area contributed by atoms with Crippen LogP contribution in [0.15, 0.2) is 39.8 Å². The van der Waals surface area contributed by atoms with E-state index in [-0.39, 0.29) is 0 Å². The average Bonchev–Trinajstić information content (AvgIpc) is 3.14. The van der Waals surface area contributed by atoms with Crippen LogP contribution in [-0.4, -0.2) is 11.8 Å². The van der Waals surface area contributed by atoms with E-state index in [1.54, 1.807) is 13.0 Å². The summed E-state index contributed by atoms with van der Waals surface area (Å²) in [4.78, 5) is 0.980. The Hall–Kier alpha value is -1.62. The monoisotopic (exact) mass is 278 g/mol. The first-order valence-electron chi connectivity index (χ1n) is 6.24. The SMILES string of the molecule is Cc1cc(N)no1.Sc1ccc(OCC2CC2)cc1. The summed E-state index contributed by atoms with van der Waals surface area (Å²) in [6.07, 6.45) is 2.68. The molecule has 1 heterocycles. The van der Waals surface area contributed by atoms with Crippen molar-refractivity contribution in [2.24, 2.45) is 5.92 Å². The number of nitrogens with two attached hydrogens (primary N) is 1. The van der Waals surface area contributed by atoms with Crippen LogP contribution in [0.5, 0.6) is 5.75 Å². The topological polar surface area (TPSA) is 61.3 Å². The maximum Gasteiger partial charge on any atom is 0.167 e. The second-order valence-corrected chi connectivity index (χ2v) is 5.13. The molecule has 0 amide bonds. The lowest BCUT2D eigenvalue weighted by atomic mass is 10.3. The van der Waals surface area contributed by atoms with Gasteiger partial charge in [0.05, 0.1) is 6.61 Å². The zero-order valence-electron chi connectivity index (χ0n) is 10.9. The Labute approximate surface area is 118 Å². The van der Waals surface area contributed by atoms with Crippen LogP contribution in [0.25, 0.3) is 0 Å². The van der Waals surface area contributed by atoms with Gasteiger partial charge in [0.25, 0.3) is 0 Å². The van der Waals surface area contributed by atoms with Crippen molar-refractivity contribution in [1.29, 1.82) is 0 Å². The molecule has 0 radical (unpaired) electrons. The highest BCUT2D eigenvalue weighted by atomic mass is 32.1. The van der Waals surface area contributed by atoms with E-state index in [0.717, 1.165) is 28.9 Å². The van der Waals surface area contributed by atoms with Crippen LogP contribution in [0.4, 0.5) is 5.82 Å². The van der Waals surface area contributed by atoms with E-state index in [4.69, 9.17) is 10.5 Å². The summed E-state index contributed by atoms with van der Waals surface area (Å²) in [6.45, 7) is 2.68. The Balaban J connectivity index is 0.000000163. The lowest BCUT2D eigenvalue weighted by Crippen LogP contribution is -1.98. The van der Waals surface area contributed by atoms with Crippen LogP contribution in [0.2, 0.25) is 0 Å². The lowest BCUT2D eigenvalue weighted by molar-refractivity contribution is 0.299. The van der Waals surface area contributed by atoms with Crippen molar-refractivity contribution in [2.45, 2.75) is 24.7 Å². The van der Waals surface area contributed by atoms with Crippen molar-refractivity contribution in [3.8, 4) is 5.75 Å². The number of thiol groups is 1. The van der Waals surface area contributed by atoms with Crippen LogP contribution in [0.1, 0.15) is 18.6 Å². The molecule has 5 heteroatoms. The van der Waals surface area contributed by atoms with Crippen LogP contribution in [0.3, 0.4) is 0 Å². The van der Waals surface area contributed by atoms with Gasteiger partial charge in [0.1, 0.15) is 11.5 Å². The van der Waals surface area contributed by atoms with Crippen molar-refractivity contribution in [3.05, 3.63) is 36.1 Å². The number of hydrogen-bond acceptors (Lipinski definition) is 5. The van der Waals surface area contributed by atoms with E-state index in [1.165, 1.54) is 12.8 Å². The normalized spacial score (nSPS) is 13.6. The first kappa shape index (κ1) is 13.8. The van der Waals surface area contributed by atoms with Gasteiger partial charge in [0, 0.05) is 11.0 Å². The average molecular weight is 278 g/mol. The van der Waals surface area contributed by atoms with E-state index in [9.17, 15) is 0 Å². The van der Waals surface area contributed by atoms with Crippen LogP contribution in [-0.2, 0) is 0 Å². The summed E-state index contributed by atoms with van der Waals surface area (Å²) in [6, 6.07) is 9.49. The predicted octanol–water partition coefficient (Wildman–Crippen LogP) is 3.33. The second-order valence-electron chi connectivity index (χ2n) is 4.61. The van der Waals surface area contributed by atoms with Crippen molar-refractivity contribution in [1.82, 2.24) is 5.16 Å². The third-order valence-corrected chi connectivity index (χ3v) is 2.96. The molecule has 102 valence electrons. The van der Waals surface area contributed by atoms with E-state index in [2.05, 4.69) is 22.3 Å². The first-order valence-corrected chi connectivity index (χ1v) is 6.69. The smallest absolute Gasteiger partial charge is 0.167 e. The molecule has 2 aromatic rings. The molecule has 0 saturated heterocycles. The van der Waals surface area contributed by atoms with Gasteiger partial charge >= 0.3 is 0 Å². The Bertz CT molecular complexity index is 490. The number of ether oxygens (including phenoxy) is 1. The molecule has 0 spiro atoms. The molecule has 3 rings (SSSR count). The number of rotatable bonds is 3. The van der Waals surface area contributed by atoms with E-state index in [0.29, 0.717) is 5.82 Å². The zero-order chi connectivity index (χ0) is 13.7. The summed E-state index contributed by atoms with van der Waals surface area (Å²) in [5.74, 6) is 2.97. The van der Waals surface area contributed by atoms with Gasteiger partial charge in [-0.1, -0.05) is 5.16 Å². The van der Waals surface area contributed by atoms with Crippen molar-refractivity contribution in [2.75, 3.05) is 12.3 Å². The van der Waals surface area contributed by atoms with Crippen molar-refractivity contribution < 1.29 is 9.26 Å². The fourth-order valence-corrected chi connectivity index (χ4v) is 1.58. The highest BCUT2D eigenvalue weighted by Crippen LogP contribution is 2.29. The summed E-state index contributed by atoms with van der Waals surface area (Å²) in [5.41, 5.74) is 5.17. The molecule has 0 atom stereocenters. The van der Waals surface area contributed by atoms with Gasteiger partial charge in [-0.3, -0.25) is 0 Å². The molecule has 0 bridgehead atoms. The summed E-state index contributed by atoms with van der Waals surface area (Å²) in [7, 11) is 0. The highest BCUT2D eigenvalue weighted by Gasteiger charge is 2.21. The molecule has 2 N–H and O–H groups in total. The van der Waals surface area contributed by atoms with Crippen LogP contribution in [0, 0.1) is 12.8 Å². The Morgan fingerprint density at radius 3 is 2.47 bits per heavy atom. The lowest BCUT2D eigenvalue weighted by Gasteiger charge is -2.03. The zero-order valence-corrected chi connectivity index (χ0v) is 11.8. The maximum absolute atomic E-state index is 5.55. The maximum atomic E-state index is 5.55. The van der Waals surface area contributed by atoms with E-state index < -0.39 is 0 Å². The standard InChI is InChI=1S/C10H12OS.C4H6N2O/c12-10-5-3-9(4-6-10)11-7-8-1-2-8;1-3-2-4(5)6-7-3/h3-6,8,12H,1-2,7H2;2H,1H3,(H2,5,6). The molecule has 1 aromatic carbocycles. The van der Waals surface area contributed by atoms with Gasteiger partial charge in [0.2, 0.25) is 0 Å². The predicted molar refractivity (Wildman–Crippen MR) is 77.6 cm³/mol. The number of aryl methyl sites for hydroxylation is 1.